The summed E-state index contributed by atoms with van der Waals surface area (Å²) >= 11 is 6.61. The van der Waals surface area contributed by atoms with Crippen molar-refractivity contribution in [1.29, 1.82) is 0 Å². The fourth-order valence-electron chi connectivity index (χ4n) is 5.25. The molecule has 0 aliphatic rings. The first-order chi connectivity index (χ1) is 21.0. The van der Waals surface area contributed by atoms with Crippen molar-refractivity contribution in [3.63, 3.8) is 0 Å². The van der Waals surface area contributed by atoms with Gasteiger partial charge in [-0.05, 0) is 41.8 Å². The lowest BCUT2D eigenvalue weighted by atomic mass is 10.1. The van der Waals surface area contributed by atoms with E-state index >= 15 is 0 Å². The van der Waals surface area contributed by atoms with E-state index in [9.17, 15) is 9.90 Å². The van der Waals surface area contributed by atoms with Gasteiger partial charge in [0.05, 0.1) is 24.1 Å². The molecule has 0 fully saturated rings. The molecule has 0 saturated heterocycles. The van der Waals surface area contributed by atoms with E-state index in [2.05, 4.69) is 40.7 Å². The number of phenolic OH excluding ortho intramolecular Hbond substituents is 1. The van der Waals surface area contributed by atoms with Crippen LogP contribution in [0.1, 0.15) is 46.9 Å². The number of carbonyl (C=O) groups excluding carboxylic acids is 1. The molecule has 5 aromatic rings. The molecular formula is C36H36ClN3O3. The number of halogens is 1. The number of carbonyl (C=O) groups is 1. The number of nitrogens with zero attached hydrogens (tertiary/aromatic N) is 3. The molecule has 0 saturated carbocycles. The third-order valence-electron chi connectivity index (χ3n) is 7.47. The Morgan fingerprint density at radius 2 is 1.56 bits per heavy atom. The van der Waals surface area contributed by atoms with Crippen LogP contribution in [0.15, 0.2) is 103 Å². The zero-order chi connectivity index (χ0) is 30.2. The topological polar surface area (TPSA) is 67.6 Å². The Labute approximate surface area is 258 Å². The summed E-state index contributed by atoms with van der Waals surface area (Å²) in [5.74, 6) is 0.725. The average molecular weight is 594 g/mol. The zero-order valence-electron chi connectivity index (χ0n) is 24.5. The number of esters is 1. The lowest BCUT2D eigenvalue weighted by Gasteiger charge is -2.25. The predicted molar refractivity (Wildman–Crippen MR) is 172 cm³/mol. The van der Waals surface area contributed by atoms with Crippen molar-refractivity contribution in [2.45, 2.75) is 45.9 Å². The van der Waals surface area contributed by atoms with Crippen LogP contribution in [0, 0.1) is 0 Å². The molecule has 5 rings (SSSR count). The van der Waals surface area contributed by atoms with Gasteiger partial charge < -0.3 is 14.4 Å². The second-order valence-electron chi connectivity index (χ2n) is 10.6. The number of ether oxygens (including phenoxy) is 1. The van der Waals surface area contributed by atoms with Gasteiger partial charge in [0.25, 0.3) is 0 Å². The van der Waals surface area contributed by atoms with Crippen LogP contribution in [0.3, 0.4) is 0 Å². The van der Waals surface area contributed by atoms with Gasteiger partial charge in [0.15, 0.2) is 0 Å². The van der Waals surface area contributed by atoms with Gasteiger partial charge in [0, 0.05) is 42.3 Å². The van der Waals surface area contributed by atoms with Crippen LogP contribution in [0.25, 0.3) is 22.6 Å². The van der Waals surface area contributed by atoms with Gasteiger partial charge in [-0.2, -0.15) is 0 Å². The molecule has 1 aromatic heterocycles. The number of benzene rings is 4. The number of aromatic nitrogens is 2. The number of unbranched alkanes of at least 4 members (excludes halogenated alkanes) is 1. The lowest BCUT2D eigenvalue weighted by Crippen LogP contribution is -2.25. The molecule has 0 unspecified atom stereocenters. The lowest BCUT2D eigenvalue weighted by molar-refractivity contribution is 0.0600. The third-order valence-corrected chi connectivity index (χ3v) is 7.82. The Morgan fingerprint density at radius 1 is 0.884 bits per heavy atom. The number of methoxy groups -OCH3 is 1. The van der Waals surface area contributed by atoms with Crippen molar-refractivity contribution >= 4 is 17.6 Å². The third kappa shape index (κ3) is 7.34. The molecule has 4 aromatic carbocycles. The summed E-state index contributed by atoms with van der Waals surface area (Å²) in [7, 11) is 1.38. The van der Waals surface area contributed by atoms with Gasteiger partial charge in [0.1, 0.15) is 11.6 Å². The van der Waals surface area contributed by atoms with Gasteiger partial charge in [0.2, 0.25) is 0 Å². The van der Waals surface area contributed by atoms with Gasteiger partial charge in [-0.15, -0.1) is 0 Å². The maximum atomic E-state index is 12.0. The summed E-state index contributed by atoms with van der Waals surface area (Å²) in [5, 5.41) is 10.5. The van der Waals surface area contributed by atoms with Gasteiger partial charge in [-0.25, -0.2) is 9.78 Å². The van der Waals surface area contributed by atoms with Gasteiger partial charge in [-0.3, -0.25) is 4.90 Å². The number of hydrogen-bond acceptors (Lipinski definition) is 5. The summed E-state index contributed by atoms with van der Waals surface area (Å²) in [6.07, 6.45) is 2.09. The Morgan fingerprint density at radius 3 is 2.19 bits per heavy atom. The molecule has 0 atom stereocenters. The predicted octanol–water partition coefficient (Wildman–Crippen LogP) is 8.37. The molecular weight excluding hydrogens is 558 g/mol. The minimum absolute atomic E-state index is 0.134. The highest BCUT2D eigenvalue weighted by Gasteiger charge is 2.22. The van der Waals surface area contributed by atoms with E-state index in [4.69, 9.17) is 21.3 Å². The van der Waals surface area contributed by atoms with Crippen molar-refractivity contribution < 1.29 is 14.6 Å². The van der Waals surface area contributed by atoms with Crippen molar-refractivity contribution in [1.82, 2.24) is 14.5 Å². The Hall–Kier alpha value is -4.39. The Kier molecular flexibility index (Phi) is 9.92. The first-order valence-corrected chi connectivity index (χ1v) is 14.9. The van der Waals surface area contributed by atoms with Crippen LogP contribution in [0.4, 0.5) is 0 Å². The molecule has 43 heavy (non-hydrogen) atoms. The summed E-state index contributed by atoms with van der Waals surface area (Å²) in [6, 6.07) is 33.3. The summed E-state index contributed by atoms with van der Waals surface area (Å²) in [5.41, 5.74) is 6.69. The van der Waals surface area contributed by atoms with Crippen molar-refractivity contribution in [3.8, 4) is 28.4 Å². The molecule has 7 heteroatoms. The van der Waals surface area contributed by atoms with Crippen molar-refractivity contribution in [3.05, 3.63) is 131 Å². The van der Waals surface area contributed by atoms with E-state index in [1.165, 1.54) is 7.11 Å². The van der Waals surface area contributed by atoms with Crippen LogP contribution in [0.5, 0.6) is 5.75 Å². The largest absolute Gasteiger partial charge is 0.508 e. The second kappa shape index (κ2) is 14.2. The first kappa shape index (κ1) is 30.1. The standard InChI is InChI=1S/C36H36ClN3O3/c1-3-4-21-40-33(34(27-11-7-5-8-12-27)38-35(40)28-13-9-6-10-14-28)25-39(24-30-19-20-31(41)22-32(30)37)23-26-15-17-29(18-16-26)36(42)43-2/h5-20,22,41H,3-4,21,23-25H2,1-2H3. The number of aromatic hydroxyl groups is 1. The van der Waals surface area contributed by atoms with Crippen molar-refractivity contribution in [2.75, 3.05) is 7.11 Å². The molecule has 0 bridgehead atoms. The molecule has 1 N–H and O–H groups in total. The first-order valence-electron chi connectivity index (χ1n) is 14.5. The van der Waals surface area contributed by atoms with Crippen LogP contribution < -0.4 is 0 Å². The number of rotatable bonds is 12. The molecule has 0 aliphatic carbocycles. The highest BCUT2D eigenvalue weighted by molar-refractivity contribution is 6.31. The van der Waals surface area contributed by atoms with Crippen LogP contribution in [0.2, 0.25) is 5.02 Å². The van der Waals surface area contributed by atoms with Crippen LogP contribution >= 0.6 is 11.6 Å². The summed E-state index contributed by atoms with van der Waals surface area (Å²) in [4.78, 5) is 19.6. The number of imidazole rings is 1. The average Bonchev–Trinajstić information content (AvgIpc) is 3.39. The van der Waals surface area contributed by atoms with E-state index < -0.39 is 0 Å². The maximum Gasteiger partial charge on any atom is 0.337 e. The second-order valence-corrected chi connectivity index (χ2v) is 11.0. The van der Waals surface area contributed by atoms with E-state index in [1.807, 2.05) is 54.6 Å². The van der Waals surface area contributed by atoms with E-state index in [1.54, 1.807) is 24.3 Å². The summed E-state index contributed by atoms with van der Waals surface area (Å²) < 4.78 is 7.25. The molecule has 0 radical (unpaired) electrons. The molecule has 0 aliphatic heterocycles. The minimum atomic E-state index is -0.361. The number of hydrogen-bond donors (Lipinski definition) is 1. The fraction of sp³-hybridized carbons (Fsp3) is 0.222. The highest BCUT2D eigenvalue weighted by atomic mass is 35.5. The number of phenols is 1. The normalized spacial score (nSPS) is 11.2. The zero-order valence-corrected chi connectivity index (χ0v) is 25.3. The fourth-order valence-corrected chi connectivity index (χ4v) is 5.48. The molecule has 6 nitrogen and oxygen atoms in total. The molecule has 1 heterocycles. The van der Waals surface area contributed by atoms with E-state index in [-0.39, 0.29) is 11.7 Å². The molecule has 0 amide bonds. The highest BCUT2D eigenvalue weighted by Crippen LogP contribution is 2.32. The molecule has 220 valence electrons. The SMILES string of the molecule is CCCCn1c(-c2ccccc2)nc(-c2ccccc2)c1CN(Cc1ccc(C(=O)OC)cc1)Cc1ccc(O)cc1Cl. The van der Waals surface area contributed by atoms with Gasteiger partial charge in [-0.1, -0.05) is 104 Å². The van der Waals surface area contributed by atoms with Gasteiger partial charge >= 0.3 is 5.97 Å². The monoisotopic (exact) mass is 593 g/mol. The van der Waals surface area contributed by atoms with E-state index in [0.717, 1.165) is 58.9 Å². The molecule has 0 spiro atoms. The van der Waals surface area contributed by atoms with Crippen LogP contribution in [-0.2, 0) is 30.9 Å². The van der Waals surface area contributed by atoms with E-state index in [0.29, 0.717) is 30.2 Å². The van der Waals surface area contributed by atoms with Crippen LogP contribution in [-0.4, -0.2) is 32.6 Å². The quantitative estimate of drug-likeness (QED) is 0.147. The smallest absolute Gasteiger partial charge is 0.337 e. The van der Waals surface area contributed by atoms with Crippen molar-refractivity contribution in [2.24, 2.45) is 0 Å². The minimum Gasteiger partial charge on any atom is -0.508 e. The Balaban J connectivity index is 1.60. The maximum absolute atomic E-state index is 12.0. The summed E-state index contributed by atoms with van der Waals surface area (Å²) in [6.45, 7) is 4.80. The Bertz CT molecular complexity index is 1650.